The van der Waals surface area contributed by atoms with Gasteiger partial charge in [0.1, 0.15) is 0 Å². The summed E-state index contributed by atoms with van der Waals surface area (Å²) < 4.78 is 1.67. The molecule has 0 saturated carbocycles. The van der Waals surface area contributed by atoms with Gasteiger partial charge in [-0.3, -0.25) is 9.48 Å². The number of nitrogens with one attached hydrogen (secondary N) is 1. The molecule has 0 bridgehead atoms. The molecule has 1 amide bonds. The maximum atomic E-state index is 11.6. The summed E-state index contributed by atoms with van der Waals surface area (Å²) in [6, 6.07) is -0.0119. The molecular weight excluding hydrogens is 180 g/mol. The van der Waals surface area contributed by atoms with E-state index in [1.165, 1.54) is 0 Å². The van der Waals surface area contributed by atoms with Crippen molar-refractivity contribution in [1.29, 1.82) is 0 Å². The SMILES string of the molecule is Cc1c(C(=O)NC(C)CN)cnn1C. The number of nitrogens with two attached hydrogens (primary N) is 1. The van der Waals surface area contributed by atoms with Gasteiger partial charge in [-0.25, -0.2) is 0 Å². The fourth-order valence-corrected chi connectivity index (χ4v) is 1.08. The Labute approximate surface area is 83.3 Å². The number of amides is 1. The van der Waals surface area contributed by atoms with Crippen molar-refractivity contribution in [2.75, 3.05) is 6.54 Å². The number of nitrogens with zero attached hydrogens (tertiary/aromatic N) is 2. The number of carbonyl (C=O) groups excluding carboxylic acids is 1. The average Bonchev–Trinajstić information content (AvgIpc) is 2.47. The zero-order valence-electron chi connectivity index (χ0n) is 8.74. The van der Waals surface area contributed by atoms with Crippen LogP contribution in [-0.4, -0.2) is 28.3 Å². The van der Waals surface area contributed by atoms with Crippen LogP contribution in [0, 0.1) is 6.92 Å². The molecule has 1 atom stereocenters. The van der Waals surface area contributed by atoms with Crippen LogP contribution >= 0.6 is 0 Å². The molecule has 1 unspecified atom stereocenters. The predicted octanol–water partition coefficient (Wildman–Crippen LogP) is -0.194. The molecule has 78 valence electrons. The van der Waals surface area contributed by atoms with Gasteiger partial charge in [0.05, 0.1) is 11.8 Å². The van der Waals surface area contributed by atoms with E-state index in [1.807, 2.05) is 13.8 Å². The second kappa shape index (κ2) is 4.23. The van der Waals surface area contributed by atoms with Gasteiger partial charge in [0.2, 0.25) is 0 Å². The number of hydrogen-bond donors (Lipinski definition) is 2. The summed E-state index contributed by atoms with van der Waals surface area (Å²) in [5, 5.41) is 6.78. The van der Waals surface area contributed by atoms with Crippen molar-refractivity contribution in [3.8, 4) is 0 Å². The molecule has 14 heavy (non-hydrogen) atoms. The highest BCUT2D eigenvalue weighted by molar-refractivity contribution is 5.95. The van der Waals surface area contributed by atoms with Gasteiger partial charge in [0.15, 0.2) is 0 Å². The summed E-state index contributed by atoms with van der Waals surface area (Å²) in [6.45, 7) is 4.16. The number of rotatable bonds is 3. The van der Waals surface area contributed by atoms with E-state index in [0.29, 0.717) is 12.1 Å². The van der Waals surface area contributed by atoms with Crippen molar-refractivity contribution in [1.82, 2.24) is 15.1 Å². The summed E-state index contributed by atoms with van der Waals surface area (Å²) in [6.07, 6.45) is 1.56. The topological polar surface area (TPSA) is 72.9 Å². The third kappa shape index (κ3) is 2.11. The highest BCUT2D eigenvalue weighted by Gasteiger charge is 2.13. The lowest BCUT2D eigenvalue weighted by Crippen LogP contribution is -2.37. The first-order chi connectivity index (χ1) is 6.56. The van der Waals surface area contributed by atoms with Crippen LogP contribution in [0.5, 0.6) is 0 Å². The Hall–Kier alpha value is -1.36. The van der Waals surface area contributed by atoms with Crippen LogP contribution in [0.3, 0.4) is 0 Å². The zero-order chi connectivity index (χ0) is 10.7. The Morgan fingerprint density at radius 2 is 2.43 bits per heavy atom. The lowest BCUT2D eigenvalue weighted by atomic mass is 10.2. The largest absolute Gasteiger partial charge is 0.348 e. The maximum Gasteiger partial charge on any atom is 0.254 e. The molecule has 0 fully saturated rings. The lowest BCUT2D eigenvalue weighted by molar-refractivity contribution is 0.0940. The van der Waals surface area contributed by atoms with Gasteiger partial charge in [0.25, 0.3) is 5.91 Å². The molecule has 1 aromatic heterocycles. The van der Waals surface area contributed by atoms with Gasteiger partial charge in [-0.05, 0) is 13.8 Å². The van der Waals surface area contributed by atoms with Gasteiger partial charge in [-0.2, -0.15) is 5.10 Å². The molecule has 5 nitrogen and oxygen atoms in total. The van der Waals surface area contributed by atoms with Crippen molar-refractivity contribution in [2.45, 2.75) is 19.9 Å². The van der Waals surface area contributed by atoms with Crippen LogP contribution < -0.4 is 11.1 Å². The average molecular weight is 196 g/mol. The Morgan fingerprint density at radius 1 is 1.79 bits per heavy atom. The molecule has 0 spiro atoms. The molecule has 0 aliphatic rings. The molecule has 1 heterocycles. The quantitative estimate of drug-likeness (QED) is 0.703. The zero-order valence-corrected chi connectivity index (χ0v) is 8.74. The fourth-order valence-electron chi connectivity index (χ4n) is 1.08. The second-order valence-corrected chi connectivity index (χ2v) is 3.38. The van der Waals surface area contributed by atoms with E-state index in [4.69, 9.17) is 5.73 Å². The minimum absolute atomic E-state index is 0.0119. The first-order valence-corrected chi connectivity index (χ1v) is 4.55. The molecule has 0 aromatic carbocycles. The van der Waals surface area contributed by atoms with Crippen molar-refractivity contribution in [2.24, 2.45) is 12.8 Å². The van der Waals surface area contributed by atoms with Crippen molar-refractivity contribution >= 4 is 5.91 Å². The number of aromatic nitrogens is 2. The molecule has 3 N–H and O–H groups in total. The third-order valence-electron chi connectivity index (χ3n) is 2.21. The van der Waals surface area contributed by atoms with Crippen molar-refractivity contribution in [3.63, 3.8) is 0 Å². The van der Waals surface area contributed by atoms with Gasteiger partial charge in [-0.15, -0.1) is 0 Å². The van der Waals surface area contributed by atoms with Gasteiger partial charge >= 0.3 is 0 Å². The minimum Gasteiger partial charge on any atom is -0.348 e. The predicted molar refractivity (Wildman–Crippen MR) is 53.9 cm³/mol. The van der Waals surface area contributed by atoms with E-state index in [0.717, 1.165) is 5.69 Å². The van der Waals surface area contributed by atoms with Crippen molar-refractivity contribution < 1.29 is 4.79 Å². The number of carbonyl (C=O) groups is 1. The van der Waals surface area contributed by atoms with E-state index in [9.17, 15) is 4.79 Å². The Kier molecular flexibility index (Phi) is 3.24. The van der Waals surface area contributed by atoms with Crippen LogP contribution in [-0.2, 0) is 7.05 Å². The smallest absolute Gasteiger partial charge is 0.254 e. The van der Waals surface area contributed by atoms with E-state index in [2.05, 4.69) is 10.4 Å². The maximum absolute atomic E-state index is 11.6. The molecule has 1 rings (SSSR count). The van der Waals surface area contributed by atoms with E-state index in [-0.39, 0.29) is 11.9 Å². The summed E-state index contributed by atoms with van der Waals surface area (Å²) in [5.74, 6) is -0.117. The second-order valence-electron chi connectivity index (χ2n) is 3.38. The van der Waals surface area contributed by atoms with Crippen LogP contribution in [0.4, 0.5) is 0 Å². The number of hydrogen-bond acceptors (Lipinski definition) is 3. The monoisotopic (exact) mass is 196 g/mol. The molecule has 0 aliphatic heterocycles. The normalized spacial score (nSPS) is 12.6. The van der Waals surface area contributed by atoms with Gasteiger partial charge in [0, 0.05) is 25.3 Å². The van der Waals surface area contributed by atoms with E-state index < -0.39 is 0 Å². The van der Waals surface area contributed by atoms with Crippen LogP contribution in [0.15, 0.2) is 6.20 Å². The Bertz CT molecular complexity index is 332. The van der Waals surface area contributed by atoms with E-state index in [1.54, 1.807) is 17.9 Å². The fraction of sp³-hybridized carbons (Fsp3) is 0.556. The Balaban J connectivity index is 2.75. The van der Waals surface area contributed by atoms with Crippen LogP contribution in [0.1, 0.15) is 23.0 Å². The summed E-state index contributed by atoms with van der Waals surface area (Å²) in [5.41, 5.74) is 6.86. The first kappa shape index (κ1) is 10.7. The molecule has 0 aliphatic carbocycles. The molecule has 0 radical (unpaired) electrons. The van der Waals surface area contributed by atoms with Gasteiger partial charge in [-0.1, -0.05) is 0 Å². The standard InChI is InChI=1S/C9H16N4O/c1-6(4-10)12-9(14)8-5-11-13(3)7(8)2/h5-6H,4,10H2,1-3H3,(H,12,14). The van der Waals surface area contributed by atoms with Crippen LogP contribution in [0.25, 0.3) is 0 Å². The third-order valence-corrected chi connectivity index (χ3v) is 2.21. The van der Waals surface area contributed by atoms with Gasteiger partial charge < -0.3 is 11.1 Å². The van der Waals surface area contributed by atoms with E-state index >= 15 is 0 Å². The molecule has 1 aromatic rings. The first-order valence-electron chi connectivity index (χ1n) is 4.55. The summed E-state index contributed by atoms with van der Waals surface area (Å²) >= 11 is 0. The highest BCUT2D eigenvalue weighted by atomic mass is 16.1. The minimum atomic E-state index is -0.117. The summed E-state index contributed by atoms with van der Waals surface area (Å²) in [7, 11) is 1.80. The Morgan fingerprint density at radius 3 is 2.86 bits per heavy atom. The van der Waals surface area contributed by atoms with Crippen molar-refractivity contribution in [3.05, 3.63) is 17.5 Å². The molecule has 5 heteroatoms. The highest BCUT2D eigenvalue weighted by Crippen LogP contribution is 2.05. The number of aryl methyl sites for hydroxylation is 1. The van der Waals surface area contributed by atoms with Crippen LogP contribution in [0.2, 0.25) is 0 Å². The lowest BCUT2D eigenvalue weighted by Gasteiger charge is -2.10. The summed E-state index contributed by atoms with van der Waals surface area (Å²) in [4.78, 5) is 11.6. The molecule has 0 saturated heterocycles. The molecular formula is C9H16N4O.